The molecule has 0 N–H and O–H groups in total. The molecule has 2 aromatic carbocycles. The quantitative estimate of drug-likeness (QED) is 0.529. The molecule has 0 amide bonds. The zero-order valence-electron chi connectivity index (χ0n) is 12.3. The average Bonchev–Trinajstić information content (AvgIpc) is 2.38. The van der Waals surface area contributed by atoms with Crippen LogP contribution in [0.2, 0.25) is 0 Å². The molecule has 0 spiro atoms. The maximum Gasteiger partial charge on any atom is 0.195 e. The lowest BCUT2D eigenvalue weighted by Gasteiger charge is -2.21. The molecule has 1 nitrogen and oxygen atoms in total. The number of hydrogen-bond acceptors (Lipinski definition) is 2. The fourth-order valence-corrected chi connectivity index (χ4v) is 3.98. The summed E-state index contributed by atoms with van der Waals surface area (Å²) in [4.78, 5) is 12.7. The molecule has 1 aromatic heterocycles. The molecule has 0 saturated carbocycles. The molecule has 1 heterocycles. The molecule has 102 valence electrons. The Morgan fingerprint density at radius 1 is 1.00 bits per heavy atom. The van der Waals surface area contributed by atoms with Crippen molar-refractivity contribution in [1.29, 1.82) is 0 Å². The van der Waals surface area contributed by atoms with Crippen LogP contribution in [0.4, 0.5) is 0 Å². The van der Waals surface area contributed by atoms with Crippen molar-refractivity contribution in [3.05, 3.63) is 57.7 Å². The highest BCUT2D eigenvalue weighted by Gasteiger charge is 2.19. The Bertz CT molecular complexity index is 866. The summed E-state index contributed by atoms with van der Waals surface area (Å²) in [5.41, 5.74) is 2.61. The zero-order valence-corrected chi connectivity index (χ0v) is 13.1. The van der Waals surface area contributed by atoms with Gasteiger partial charge in [-0.1, -0.05) is 44.5 Å². The second kappa shape index (κ2) is 4.42. The van der Waals surface area contributed by atoms with Crippen LogP contribution >= 0.6 is 11.3 Å². The first kappa shape index (κ1) is 13.3. The number of fused-ring (bicyclic) bond motifs is 2. The van der Waals surface area contributed by atoms with Gasteiger partial charge in [0.05, 0.1) is 0 Å². The summed E-state index contributed by atoms with van der Waals surface area (Å²) in [6.45, 7) is 8.67. The van der Waals surface area contributed by atoms with Crippen molar-refractivity contribution >= 4 is 31.5 Å². The standard InChI is InChI=1S/C18H18OS/c1-11-9-13-16(19)12-7-5-6-8-15(12)20-17(13)14(10-11)18(2,3)4/h5-10H,1-4H3. The first-order valence-corrected chi connectivity index (χ1v) is 7.66. The third-order valence-electron chi connectivity index (χ3n) is 3.63. The zero-order chi connectivity index (χ0) is 14.5. The lowest BCUT2D eigenvalue weighted by molar-refractivity contribution is 0.596. The highest BCUT2D eigenvalue weighted by molar-refractivity contribution is 7.24. The van der Waals surface area contributed by atoms with Crippen LogP contribution in [-0.2, 0) is 5.41 Å². The minimum Gasteiger partial charge on any atom is -0.289 e. The van der Waals surface area contributed by atoms with E-state index < -0.39 is 0 Å². The van der Waals surface area contributed by atoms with Gasteiger partial charge in [0, 0.05) is 20.2 Å². The van der Waals surface area contributed by atoms with Gasteiger partial charge >= 0.3 is 0 Å². The van der Waals surface area contributed by atoms with Gasteiger partial charge in [0.1, 0.15) is 0 Å². The molecule has 0 fully saturated rings. The minimum atomic E-state index is 0.0374. The Balaban J connectivity index is 2.58. The van der Waals surface area contributed by atoms with Crippen molar-refractivity contribution in [2.45, 2.75) is 33.1 Å². The highest BCUT2D eigenvalue weighted by atomic mass is 32.1. The fraction of sp³-hybridized carbons (Fsp3) is 0.278. The smallest absolute Gasteiger partial charge is 0.195 e. The highest BCUT2D eigenvalue weighted by Crippen LogP contribution is 2.34. The van der Waals surface area contributed by atoms with Crippen LogP contribution in [0, 0.1) is 6.92 Å². The molecular formula is C18H18OS. The molecule has 0 saturated heterocycles. The minimum absolute atomic E-state index is 0.0374. The molecule has 0 atom stereocenters. The Morgan fingerprint density at radius 3 is 2.40 bits per heavy atom. The van der Waals surface area contributed by atoms with Crippen LogP contribution in [0.1, 0.15) is 31.9 Å². The van der Waals surface area contributed by atoms with E-state index in [0.29, 0.717) is 0 Å². The van der Waals surface area contributed by atoms with Gasteiger partial charge in [-0.3, -0.25) is 4.79 Å². The van der Waals surface area contributed by atoms with Gasteiger partial charge in [0.25, 0.3) is 0 Å². The lowest BCUT2D eigenvalue weighted by atomic mass is 9.85. The molecular weight excluding hydrogens is 264 g/mol. The van der Waals surface area contributed by atoms with Crippen molar-refractivity contribution in [3.63, 3.8) is 0 Å². The summed E-state index contributed by atoms with van der Waals surface area (Å²) in [5.74, 6) is 0. The van der Waals surface area contributed by atoms with E-state index in [9.17, 15) is 4.79 Å². The molecule has 2 heteroatoms. The SMILES string of the molecule is Cc1cc(C(C)(C)C)c2sc3ccccc3c(=O)c2c1. The van der Waals surface area contributed by atoms with E-state index in [1.807, 2.05) is 30.3 Å². The topological polar surface area (TPSA) is 17.1 Å². The molecule has 0 bridgehead atoms. The predicted octanol–water partition coefficient (Wildman–Crippen LogP) is 5.02. The summed E-state index contributed by atoms with van der Waals surface area (Å²) in [5, 5.41) is 1.69. The third-order valence-corrected chi connectivity index (χ3v) is 4.85. The second-order valence-corrected chi connectivity index (χ2v) is 7.42. The van der Waals surface area contributed by atoms with Crippen molar-refractivity contribution in [2.24, 2.45) is 0 Å². The largest absolute Gasteiger partial charge is 0.289 e. The van der Waals surface area contributed by atoms with E-state index in [0.717, 1.165) is 25.7 Å². The van der Waals surface area contributed by atoms with Gasteiger partial charge in [-0.15, -0.1) is 11.3 Å². The molecule has 0 aliphatic rings. The Labute approximate surface area is 122 Å². The van der Waals surface area contributed by atoms with Crippen molar-refractivity contribution in [1.82, 2.24) is 0 Å². The number of aryl methyl sites for hydroxylation is 1. The van der Waals surface area contributed by atoms with E-state index in [4.69, 9.17) is 0 Å². The third kappa shape index (κ3) is 2.04. The van der Waals surface area contributed by atoms with E-state index in [-0.39, 0.29) is 10.8 Å². The van der Waals surface area contributed by atoms with Crippen molar-refractivity contribution < 1.29 is 0 Å². The van der Waals surface area contributed by atoms with Gasteiger partial charge in [0.2, 0.25) is 0 Å². The first-order valence-electron chi connectivity index (χ1n) is 6.84. The Hall–Kier alpha value is -1.67. The van der Waals surface area contributed by atoms with Crippen LogP contribution in [-0.4, -0.2) is 0 Å². The molecule has 0 aliphatic heterocycles. The summed E-state index contributed by atoms with van der Waals surface area (Å²) in [7, 11) is 0. The molecule has 0 aliphatic carbocycles. The Morgan fingerprint density at radius 2 is 1.70 bits per heavy atom. The van der Waals surface area contributed by atoms with Crippen LogP contribution in [0.5, 0.6) is 0 Å². The maximum atomic E-state index is 12.7. The summed E-state index contributed by atoms with van der Waals surface area (Å²) in [6, 6.07) is 12.1. The second-order valence-electron chi connectivity index (χ2n) is 6.37. The molecule has 0 radical (unpaired) electrons. The fourth-order valence-electron chi connectivity index (χ4n) is 2.61. The van der Waals surface area contributed by atoms with E-state index in [2.05, 4.69) is 33.8 Å². The van der Waals surface area contributed by atoms with Crippen LogP contribution < -0.4 is 5.43 Å². The normalized spacial score (nSPS) is 12.2. The predicted molar refractivity (Wildman–Crippen MR) is 89.0 cm³/mol. The lowest BCUT2D eigenvalue weighted by Crippen LogP contribution is -2.13. The molecule has 3 aromatic rings. The van der Waals surface area contributed by atoms with E-state index in [1.54, 1.807) is 11.3 Å². The van der Waals surface area contributed by atoms with E-state index >= 15 is 0 Å². The van der Waals surface area contributed by atoms with Gasteiger partial charge in [-0.2, -0.15) is 0 Å². The molecule has 3 rings (SSSR count). The van der Waals surface area contributed by atoms with Crippen molar-refractivity contribution in [3.8, 4) is 0 Å². The van der Waals surface area contributed by atoms with Crippen molar-refractivity contribution in [2.75, 3.05) is 0 Å². The number of hydrogen-bond donors (Lipinski definition) is 0. The summed E-state index contributed by atoms with van der Waals surface area (Å²) < 4.78 is 2.20. The van der Waals surface area contributed by atoms with Crippen LogP contribution in [0.3, 0.4) is 0 Å². The van der Waals surface area contributed by atoms with E-state index in [1.165, 1.54) is 5.56 Å². The maximum absolute atomic E-state index is 12.7. The first-order chi connectivity index (χ1) is 9.38. The molecule has 0 unspecified atom stereocenters. The summed E-state index contributed by atoms with van der Waals surface area (Å²) >= 11 is 1.73. The number of benzene rings is 2. The summed E-state index contributed by atoms with van der Waals surface area (Å²) in [6.07, 6.45) is 0. The van der Waals surface area contributed by atoms with Gasteiger partial charge in [0.15, 0.2) is 5.43 Å². The average molecular weight is 282 g/mol. The van der Waals surface area contributed by atoms with Gasteiger partial charge < -0.3 is 0 Å². The Kier molecular flexibility index (Phi) is 2.94. The van der Waals surface area contributed by atoms with Crippen LogP contribution in [0.15, 0.2) is 41.2 Å². The van der Waals surface area contributed by atoms with Gasteiger partial charge in [-0.05, 0) is 36.1 Å². The number of rotatable bonds is 0. The molecule has 20 heavy (non-hydrogen) atoms. The van der Waals surface area contributed by atoms with Gasteiger partial charge in [-0.25, -0.2) is 0 Å². The van der Waals surface area contributed by atoms with Crippen LogP contribution in [0.25, 0.3) is 20.2 Å². The monoisotopic (exact) mass is 282 g/mol.